The first-order valence-electron chi connectivity index (χ1n) is 8.34. The maximum Gasteiger partial charge on any atom is 0.235 e. The highest BCUT2D eigenvalue weighted by molar-refractivity contribution is 5.66. The molecule has 3 rings (SSSR count). The fourth-order valence-corrected chi connectivity index (χ4v) is 3.94. The maximum absolute atomic E-state index is 11.0. The number of anilines is 1. The first-order chi connectivity index (χ1) is 11.2. The van der Waals surface area contributed by atoms with E-state index in [9.17, 15) is 4.79 Å². The van der Waals surface area contributed by atoms with Gasteiger partial charge in [-0.05, 0) is 31.7 Å². The van der Waals surface area contributed by atoms with Crippen LogP contribution in [0.3, 0.4) is 0 Å². The van der Waals surface area contributed by atoms with Crippen molar-refractivity contribution in [2.45, 2.75) is 44.1 Å². The molecule has 1 aromatic carbocycles. The lowest BCUT2D eigenvalue weighted by atomic mass is 9.87. The Bertz CT molecular complexity index is 611. The molecule has 1 heterocycles. The molecule has 0 aromatic heterocycles. The van der Waals surface area contributed by atoms with E-state index in [1.54, 1.807) is 20.3 Å². The van der Waals surface area contributed by atoms with Crippen LogP contribution in [0.25, 0.3) is 0 Å². The molecule has 2 fully saturated rings. The third-order valence-electron chi connectivity index (χ3n) is 5.14. The Morgan fingerprint density at radius 2 is 1.70 bits per heavy atom. The Hall–Kier alpha value is -2.00. The second-order valence-corrected chi connectivity index (χ2v) is 6.36. The van der Waals surface area contributed by atoms with Crippen molar-refractivity contribution in [3.63, 3.8) is 0 Å². The summed E-state index contributed by atoms with van der Waals surface area (Å²) in [5, 5.41) is 0. The summed E-state index contributed by atoms with van der Waals surface area (Å²) in [6.07, 6.45) is 8.00. The van der Waals surface area contributed by atoms with Crippen LogP contribution in [-0.4, -0.2) is 33.4 Å². The van der Waals surface area contributed by atoms with Crippen LogP contribution in [0.1, 0.15) is 44.1 Å². The number of aliphatic imine (C=N–C) groups is 1. The van der Waals surface area contributed by atoms with Gasteiger partial charge in [0, 0.05) is 24.7 Å². The molecular formula is C18H24N2O3. The standard InChI is InChI=1S/C18H24N2O3/c1-22-16-12-15(20-9-5-6-10-20)17(23-2)11-14(16)18(19-13-21)7-3-4-8-18/h11-12H,3-10H2,1-2H3. The number of carbonyl (C=O) groups excluding carboxylic acids is 1. The van der Waals surface area contributed by atoms with Crippen LogP contribution in [0.5, 0.6) is 11.5 Å². The summed E-state index contributed by atoms with van der Waals surface area (Å²) in [5.74, 6) is 1.61. The third-order valence-corrected chi connectivity index (χ3v) is 5.14. The van der Waals surface area contributed by atoms with Gasteiger partial charge in [-0.2, -0.15) is 4.99 Å². The molecule has 2 aliphatic rings. The molecule has 1 aliphatic carbocycles. The van der Waals surface area contributed by atoms with Crippen LogP contribution in [-0.2, 0) is 10.3 Å². The zero-order chi connectivity index (χ0) is 16.3. The van der Waals surface area contributed by atoms with Crippen molar-refractivity contribution >= 4 is 11.8 Å². The average Bonchev–Trinajstić information content (AvgIpc) is 3.26. The summed E-state index contributed by atoms with van der Waals surface area (Å²) < 4.78 is 11.3. The molecule has 23 heavy (non-hydrogen) atoms. The van der Waals surface area contributed by atoms with Crippen LogP contribution >= 0.6 is 0 Å². The summed E-state index contributed by atoms with van der Waals surface area (Å²) in [4.78, 5) is 17.5. The van der Waals surface area contributed by atoms with Crippen LogP contribution in [0.4, 0.5) is 5.69 Å². The first kappa shape index (κ1) is 15.9. The fraction of sp³-hybridized carbons (Fsp3) is 0.611. The monoisotopic (exact) mass is 316 g/mol. The van der Waals surface area contributed by atoms with Gasteiger partial charge >= 0.3 is 0 Å². The van der Waals surface area contributed by atoms with E-state index in [1.807, 2.05) is 12.1 Å². The average molecular weight is 316 g/mol. The molecule has 0 radical (unpaired) electrons. The number of ether oxygens (including phenoxy) is 2. The maximum atomic E-state index is 11.0. The molecule has 0 unspecified atom stereocenters. The highest BCUT2D eigenvalue weighted by Crippen LogP contribution is 2.49. The van der Waals surface area contributed by atoms with Gasteiger partial charge in [0.15, 0.2) is 0 Å². The summed E-state index contributed by atoms with van der Waals surface area (Å²) in [6, 6.07) is 4.05. The highest BCUT2D eigenvalue weighted by atomic mass is 16.5. The molecule has 1 aromatic rings. The Kier molecular flexibility index (Phi) is 4.58. The number of isocyanates is 1. The van der Waals surface area contributed by atoms with E-state index in [0.717, 1.165) is 61.5 Å². The minimum absolute atomic E-state index is 0.510. The molecule has 1 saturated carbocycles. The van der Waals surface area contributed by atoms with Crippen molar-refractivity contribution in [3.05, 3.63) is 17.7 Å². The van der Waals surface area contributed by atoms with E-state index in [0.29, 0.717) is 0 Å². The molecule has 0 N–H and O–H groups in total. The number of nitrogens with zero attached hydrogens (tertiary/aromatic N) is 2. The molecule has 5 heteroatoms. The van der Waals surface area contributed by atoms with Crippen molar-refractivity contribution < 1.29 is 14.3 Å². The van der Waals surface area contributed by atoms with Gasteiger partial charge in [-0.3, -0.25) is 0 Å². The lowest BCUT2D eigenvalue weighted by Gasteiger charge is -2.28. The normalized spacial score (nSPS) is 19.5. The number of hydrogen-bond acceptors (Lipinski definition) is 5. The quantitative estimate of drug-likeness (QED) is 0.617. The Balaban J connectivity index is 2.11. The molecule has 1 saturated heterocycles. The zero-order valence-electron chi connectivity index (χ0n) is 13.9. The topological polar surface area (TPSA) is 51.1 Å². The van der Waals surface area contributed by atoms with Crippen molar-refractivity contribution in [1.82, 2.24) is 0 Å². The van der Waals surface area contributed by atoms with Crippen molar-refractivity contribution in [2.75, 3.05) is 32.2 Å². The number of benzene rings is 1. The second-order valence-electron chi connectivity index (χ2n) is 6.36. The van der Waals surface area contributed by atoms with Gasteiger partial charge in [-0.1, -0.05) is 12.8 Å². The lowest BCUT2D eigenvalue weighted by molar-refractivity contribution is 0.372. The molecule has 124 valence electrons. The predicted molar refractivity (Wildman–Crippen MR) is 89.3 cm³/mol. The number of methoxy groups -OCH3 is 2. The summed E-state index contributed by atoms with van der Waals surface area (Å²) >= 11 is 0. The first-order valence-corrected chi connectivity index (χ1v) is 8.34. The largest absolute Gasteiger partial charge is 0.496 e. The molecule has 0 atom stereocenters. The van der Waals surface area contributed by atoms with Gasteiger partial charge in [-0.15, -0.1) is 0 Å². The fourth-order valence-electron chi connectivity index (χ4n) is 3.94. The van der Waals surface area contributed by atoms with Crippen molar-refractivity contribution in [1.29, 1.82) is 0 Å². The Morgan fingerprint density at radius 1 is 1.04 bits per heavy atom. The molecule has 0 amide bonds. The van der Waals surface area contributed by atoms with Crippen LogP contribution < -0.4 is 14.4 Å². The van der Waals surface area contributed by atoms with Gasteiger partial charge < -0.3 is 14.4 Å². The van der Waals surface area contributed by atoms with E-state index < -0.39 is 5.54 Å². The van der Waals surface area contributed by atoms with Gasteiger partial charge in [0.2, 0.25) is 6.08 Å². The summed E-state index contributed by atoms with van der Waals surface area (Å²) in [6.45, 7) is 2.08. The number of rotatable bonds is 5. The smallest absolute Gasteiger partial charge is 0.235 e. The number of hydrogen-bond donors (Lipinski definition) is 0. The predicted octanol–water partition coefficient (Wildman–Crippen LogP) is 3.41. The van der Waals surface area contributed by atoms with Crippen molar-refractivity contribution in [2.24, 2.45) is 4.99 Å². The van der Waals surface area contributed by atoms with Gasteiger partial charge in [-0.25, -0.2) is 4.79 Å². The van der Waals surface area contributed by atoms with E-state index in [1.165, 1.54) is 12.8 Å². The minimum Gasteiger partial charge on any atom is -0.496 e. The molecule has 0 spiro atoms. The van der Waals surface area contributed by atoms with Crippen LogP contribution in [0.15, 0.2) is 17.1 Å². The lowest BCUT2D eigenvalue weighted by Crippen LogP contribution is -2.22. The minimum atomic E-state index is -0.510. The Morgan fingerprint density at radius 3 is 2.26 bits per heavy atom. The van der Waals surface area contributed by atoms with Gasteiger partial charge in [0.1, 0.15) is 17.0 Å². The highest BCUT2D eigenvalue weighted by Gasteiger charge is 2.39. The SMILES string of the molecule is COc1cc(C2(N=C=O)CCCC2)c(OC)cc1N1CCCC1. The van der Waals surface area contributed by atoms with E-state index in [4.69, 9.17) is 9.47 Å². The van der Waals surface area contributed by atoms with Gasteiger partial charge in [0.05, 0.1) is 19.9 Å². The van der Waals surface area contributed by atoms with E-state index >= 15 is 0 Å². The van der Waals surface area contributed by atoms with E-state index in [2.05, 4.69) is 9.89 Å². The van der Waals surface area contributed by atoms with Crippen LogP contribution in [0, 0.1) is 0 Å². The molecular weight excluding hydrogens is 292 g/mol. The van der Waals surface area contributed by atoms with Crippen molar-refractivity contribution in [3.8, 4) is 11.5 Å². The Labute approximate surface area is 137 Å². The molecule has 5 nitrogen and oxygen atoms in total. The van der Waals surface area contributed by atoms with E-state index in [-0.39, 0.29) is 0 Å². The van der Waals surface area contributed by atoms with Crippen LogP contribution in [0.2, 0.25) is 0 Å². The summed E-state index contributed by atoms with van der Waals surface area (Å²) in [5.41, 5.74) is 1.50. The summed E-state index contributed by atoms with van der Waals surface area (Å²) in [7, 11) is 3.36. The molecule has 0 bridgehead atoms. The van der Waals surface area contributed by atoms with Gasteiger partial charge in [0.25, 0.3) is 0 Å². The zero-order valence-corrected chi connectivity index (χ0v) is 13.9. The third kappa shape index (κ3) is 2.81. The molecule has 1 aliphatic heterocycles. The second kappa shape index (κ2) is 6.63.